The summed E-state index contributed by atoms with van der Waals surface area (Å²) < 4.78 is 7.33. The molecule has 4 aromatic carbocycles. The first-order valence-electron chi connectivity index (χ1n) is 19.2. The Morgan fingerprint density at radius 3 is 2.18 bits per heavy atom. The topological polar surface area (TPSA) is 32.7 Å². The Bertz CT molecular complexity index is 1900. The molecule has 2 heterocycles. The van der Waals surface area contributed by atoms with Crippen LogP contribution in [0, 0.1) is 25.7 Å². The van der Waals surface area contributed by atoms with Gasteiger partial charge in [-0.1, -0.05) is 121 Å². The first kappa shape index (κ1) is 34.8. The Morgan fingerprint density at radius 1 is 0.780 bits per heavy atom. The molecule has 3 heteroatoms. The summed E-state index contributed by atoms with van der Waals surface area (Å²) in [6.07, 6.45) is 5.46. The van der Waals surface area contributed by atoms with Gasteiger partial charge in [-0.15, -0.1) is 0 Å². The van der Waals surface area contributed by atoms with Crippen molar-refractivity contribution in [3.05, 3.63) is 129 Å². The third-order valence-electron chi connectivity index (χ3n) is 11.6. The van der Waals surface area contributed by atoms with Gasteiger partial charge in [0.05, 0.1) is 30.4 Å². The molecule has 0 bridgehead atoms. The molecule has 0 saturated heterocycles. The predicted molar refractivity (Wildman–Crippen MR) is 210 cm³/mol. The van der Waals surface area contributed by atoms with Crippen LogP contribution in [0.4, 0.5) is 5.69 Å². The van der Waals surface area contributed by atoms with Gasteiger partial charge >= 0.3 is 0 Å². The fourth-order valence-corrected chi connectivity index (χ4v) is 9.56. The number of aliphatic hydroxyl groups excluding tert-OH is 1. The van der Waals surface area contributed by atoms with E-state index in [2.05, 4.69) is 152 Å². The van der Waals surface area contributed by atoms with E-state index in [0.717, 1.165) is 19.3 Å². The Hall–Kier alpha value is -3.66. The molecule has 1 N–H and O–H groups in total. The summed E-state index contributed by atoms with van der Waals surface area (Å²) in [6, 6.07) is 29.9. The number of rotatable bonds is 11. The van der Waals surface area contributed by atoms with Crippen molar-refractivity contribution in [2.24, 2.45) is 11.8 Å². The number of aliphatic hydroxyl groups is 1. The fraction of sp³-hybridized carbons (Fsp3) is 0.447. The summed E-state index contributed by atoms with van der Waals surface area (Å²) in [7, 11) is 0. The zero-order valence-electron chi connectivity index (χ0n) is 31.8. The van der Waals surface area contributed by atoms with E-state index in [1.54, 1.807) is 0 Å². The van der Waals surface area contributed by atoms with Crippen molar-refractivity contribution >= 4 is 11.3 Å². The molecule has 0 amide bonds. The molecule has 0 saturated carbocycles. The van der Waals surface area contributed by atoms with Crippen LogP contribution < -0.4 is 4.90 Å². The molecule has 1 aliphatic carbocycles. The normalized spacial score (nSPS) is 20.2. The number of aryl methyl sites for hydroxylation is 2. The molecule has 5 atom stereocenters. The highest BCUT2D eigenvalue weighted by Gasteiger charge is 2.47. The summed E-state index contributed by atoms with van der Waals surface area (Å²) in [5, 5.41) is 11.2. The summed E-state index contributed by atoms with van der Waals surface area (Å²) in [4.78, 5) is 2.73. The molecule has 0 fully saturated rings. The first-order chi connectivity index (χ1) is 23.9. The molecule has 2 aliphatic heterocycles. The first-order valence-corrected chi connectivity index (χ1v) is 19.2. The third kappa shape index (κ3) is 6.05. The zero-order chi connectivity index (χ0) is 35.5. The van der Waals surface area contributed by atoms with Crippen LogP contribution in [-0.4, -0.2) is 23.4 Å². The zero-order valence-corrected chi connectivity index (χ0v) is 31.8. The number of anilines is 1. The van der Waals surface area contributed by atoms with E-state index in [1.807, 2.05) is 0 Å². The monoisotopic (exact) mass is 667 g/mol. The Balaban J connectivity index is 1.42. The molecule has 262 valence electrons. The highest BCUT2D eigenvalue weighted by atomic mass is 16.5. The standard InChI is InChI=1S/C47H57NO2/c1-10-44(50-34(21-29(4)5)24-33(49)20-28(2)3)46-45-31(7)22-30(6)23-39(45)42-26-36(32-16-12-11-13-17-32)38-25-37-35-18-14-15-19-40(35)47(8,9)41(37)27-43(38)48(42)46/h11-19,22-23,25-29,33-34,42,44,46,49H,10,20-21,24H2,1-9H3/t33?,34?,42?,44-,46+/m0/s1. The van der Waals surface area contributed by atoms with Crippen molar-refractivity contribution in [3.8, 4) is 11.1 Å². The molecule has 3 unspecified atom stereocenters. The lowest BCUT2D eigenvalue weighted by molar-refractivity contribution is -0.0587. The maximum absolute atomic E-state index is 11.2. The van der Waals surface area contributed by atoms with Gasteiger partial charge in [0.25, 0.3) is 0 Å². The molecule has 0 radical (unpaired) electrons. The molecule has 7 rings (SSSR count). The van der Waals surface area contributed by atoms with Crippen LogP contribution >= 0.6 is 0 Å². The number of fused-ring (bicyclic) bond motifs is 8. The number of ether oxygens (including phenoxy) is 1. The maximum atomic E-state index is 11.2. The van der Waals surface area contributed by atoms with Crippen LogP contribution in [-0.2, 0) is 10.2 Å². The van der Waals surface area contributed by atoms with E-state index in [-0.39, 0.29) is 35.8 Å². The average Bonchev–Trinajstić information content (AvgIpc) is 3.51. The average molecular weight is 668 g/mol. The minimum absolute atomic E-state index is 0.00455. The SMILES string of the molecule is CC[C@H](OC(CC(C)C)CC(O)CC(C)C)[C@@H]1c2c(C)cc(C)cc2C2C=C(c3ccccc3)c3cc4c(cc3N21)C(C)(C)c1ccccc1-4. The highest BCUT2D eigenvalue weighted by Crippen LogP contribution is 2.59. The molecule has 3 aliphatic rings. The smallest absolute Gasteiger partial charge is 0.0821 e. The van der Waals surface area contributed by atoms with Crippen LogP contribution in [0.1, 0.15) is 131 Å². The third-order valence-corrected chi connectivity index (χ3v) is 11.6. The quantitative estimate of drug-likeness (QED) is 0.173. The second-order valence-corrected chi connectivity index (χ2v) is 16.8. The van der Waals surface area contributed by atoms with Gasteiger partial charge in [-0.05, 0) is 120 Å². The fourth-order valence-electron chi connectivity index (χ4n) is 9.56. The van der Waals surface area contributed by atoms with E-state index in [0.29, 0.717) is 18.3 Å². The van der Waals surface area contributed by atoms with Crippen LogP contribution in [0.5, 0.6) is 0 Å². The number of benzene rings is 4. The highest BCUT2D eigenvalue weighted by molar-refractivity contribution is 5.95. The van der Waals surface area contributed by atoms with Crippen molar-refractivity contribution in [2.75, 3.05) is 4.90 Å². The Morgan fingerprint density at radius 2 is 1.48 bits per heavy atom. The summed E-state index contributed by atoms with van der Waals surface area (Å²) in [5.41, 5.74) is 16.0. The summed E-state index contributed by atoms with van der Waals surface area (Å²) in [6.45, 7) is 20.5. The van der Waals surface area contributed by atoms with Gasteiger partial charge in [0.1, 0.15) is 0 Å². The second kappa shape index (κ2) is 13.5. The minimum atomic E-state index is -0.359. The molecule has 3 nitrogen and oxygen atoms in total. The van der Waals surface area contributed by atoms with Gasteiger partial charge in [0, 0.05) is 16.7 Å². The Labute approximate surface area is 301 Å². The number of nitrogens with zero attached hydrogens (tertiary/aromatic N) is 1. The van der Waals surface area contributed by atoms with Crippen molar-refractivity contribution in [3.63, 3.8) is 0 Å². The molecule has 50 heavy (non-hydrogen) atoms. The predicted octanol–water partition coefficient (Wildman–Crippen LogP) is 11.7. The maximum Gasteiger partial charge on any atom is 0.0821 e. The molecule has 0 spiro atoms. The van der Waals surface area contributed by atoms with E-state index < -0.39 is 0 Å². The lowest BCUT2D eigenvalue weighted by atomic mass is 9.80. The van der Waals surface area contributed by atoms with Crippen LogP contribution in [0.2, 0.25) is 0 Å². The summed E-state index contributed by atoms with van der Waals surface area (Å²) >= 11 is 0. The van der Waals surface area contributed by atoms with E-state index in [9.17, 15) is 5.11 Å². The second-order valence-electron chi connectivity index (χ2n) is 16.8. The van der Waals surface area contributed by atoms with Gasteiger partial charge < -0.3 is 14.7 Å². The molecule has 4 aromatic rings. The van der Waals surface area contributed by atoms with Gasteiger partial charge in [-0.3, -0.25) is 0 Å². The largest absolute Gasteiger partial charge is 0.393 e. The van der Waals surface area contributed by atoms with Gasteiger partial charge in [-0.25, -0.2) is 0 Å². The van der Waals surface area contributed by atoms with Crippen molar-refractivity contribution in [2.45, 2.75) is 124 Å². The van der Waals surface area contributed by atoms with Crippen molar-refractivity contribution in [1.82, 2.24) is 0 Å². The molecular weight excluding hydrogens is 611 g/mol. The van der Waals surface area contributed by atoms with Gasteiger partial charge in [-0.2, -0.15) is 0 Å². The number of hydrogen-bond acceptors (Lipinski definition) is 3. The van der Waals surface area contributed by atoms with E-state index in [4.69, 9.17) is 4.74 Å². The van der Waals surface area contributed by atoms with Crippen LogP contribution in [0.3, 0.4) is 0 Å². The van der Waals surface area contributed by atoms with Gasteiger partial charge in [0.2, 0.25) is 0 Å². The van der Waals surface area contributed by atoms with E-state index in [1.165, 1.54) is 66.9 Å². The van der Waals surface area contributed by atoms with Crippen LogP contribution in [0.25, 0.3) is 16.7 Å². The van der Waals surface area contributed by atoms with E-state index >= 15 is 0 Å². The number of hydrogen-bond donors (Lipinski definition) is 1. The summed E-state index contributed by atoms with van der Waals surface area (Å²) in [5.74, 6) is 0.933. The minimum Gasteiger partial charge on any atom is -0.393 e. The molecular formula is C47H57NO2. The lowest BCUT2D eigenvalue weighted by Gasteiger charge is -2.42. The van der Waals surface area contributed by atoms with Crippen LogP contribution in [0.15, 0.2) is 84.9 Å². The lowest BCUT2D eigenvalue weighted by Crippen LogP contribution is -2.39. The van der Waals surface area contributed by atoms with Crippen molar-refractivity contribution < 1.29 is 9.84 Å². The van der Waals surface area contributed by atoms with Gasteiger partial charge in [0.15, 0.2) is 0 Å². The molecule has 0 aromatic heterocycles. The Kier molecular flexibility index (Phi) is 9.37. The van der Waals surface area contributed by atoms with Crippen molar-refractivity contribution in [1.29, 1.82) is 0 Å².